The SMILES string of the molecule is COc1ccc(C(C)(C)NC(=O)C2CCOCC2)cc1. The molecule has 0 radical (unpaired) electrons. The van der Waals surface area contributed by atoms with Crippen molar-refractivity contribution in [2.75, 3.05) is 20.3 Å². The van der Waals surface area contributed by atoms with Crippen molar-refractivity contribution < 1.29 is 14.3 Å². The number of rotatable bonds is 4. The number of amides is 1. The van der Waals surface area contributed by atoms with Crippen molar-refractivity contribution in [2.45, 2.75) is 32.2 Å². The Bertz CT molecular complexity index is 447. The van der Waals surface area contributed by atoms with E-state index in [1.165, 1.54) is 0 Å². The van der Waals surface area contributed by atoms with Crippen LogP contribution in [0.5, 0.6) is 5.75 Å². The largest absolute Gasteiger partial charge is 0.497 e. The van der Waals surface area contributed by atoms with Crippen molar-refractivity contribution in [3.05, 3.63) is 29.8 Å². The molecule has 0 saturated carbocycles. The molecule has 20 heavy (non-hydrogen) atoms. The maximum absolute atomic E-state index is 12.3. The van der Waals surface area contributed by atoms with E-state index >= 15 is 0 Å². The lowest BCUT2D eigenvalue weighted by molar-refractivity contribution is -0.129. The van der Waals surface area contributed by atoms with Crippen LogP contribution in [0.25, 0.3) is 0 Å². The van der Waals surface area contributed by atoms with Crippen molar-refractivity contribution in [2.24, 2.45) is 5.92 Å². The Balaban J connectivity index is 2.03. The van der Waals surface area contributed by atoms with Gasteiger partial charge in [0.2, 0.25) is 5.91 Å². The highest BCUT2D eigenvalue weighted by molar-refractivity contribution is 5.79. The molecule has 1 aromatic rings. The van der Waals surface area contributed by atoms with Gasteiger partial charge in [-0.2, -0.15) is 0 Å². The number of methoxy groups -OCH3 is 1. The predicted octanol–water partition coefficient (Wildman–Crippen LogP) is 2.47. The van der Waals surface area contributed by atoms with Gasteiger partial charge in [0.05, 0.1) is 12.6 Å². The molecule has 1 N–H and O–H groups in total. The quantitative estimate of drug-likeness (QED) is 0.919. The van der Waals surface area contributed by atoms with Crippen LogP contribution in [0.3, 0.4) is 0 Å². The average molecular weight is 277 g/mol. The highest BCUT2D eigenvalue weighted by atomic mass is 16.5. The molecule has 4 heteroatoms. The van der Waals surface area contributed by atoms with Crippen LogP contribution in [0.1, 0.15) is 32.3 Å². The number of nitrogens with one attached hydrogen (secondary N) is 1. The van der Waals surface area contributed by atoms with E-state index in [0.29, 0.717) is 13.2 Å². The zero-order valence-corrected chi connectivity index (χ0v) is 12.4. The molecule has 0 atom stereocenters. The molecule has 0 bridgehead atoms. The molecule has 1 aromatic carbocycles. The number of ether oxygens (including phenoxy) is 2. The summed E-state index contributed by atoms with van der Waals surface area (Å²) in [5.74, 6) is 1.01. The van der Waals surface area contributed by atoms with E-state index in [1.807, 2.05) is 38.1 Å². The summed E-state index contributed by atoms with van der Waals surface area (Å²) in [6.07, 6.45) is 1.62. The third kappa shape index (κ3) is 3.51. The molecule has 1 aliphatic rings. The second kappa shape index (κ2) is 6.27. The molecule has 4 nitrogen and oxygen atoms in total. The lowest BCUT2D eigenvalue weighted by Gasteiger charge is -2.30. The highest BCUT2D eigenvalue weighted by Crippen LogP contribution is 2.24. The molecule has 110 valence electrons. The van der Waals surface area contributed by atoms with Crippen LogP contribution in [-0.4, -0.2) is 26.2 Å². The van der Waals surface area contributed by atoms with Crippen molar-refractivity contribution in [3.63, 3.8) is 0 Å². The van der Waals surface area contributed by atoms with Crippen LogP contribution in [-0.2, 0) is 15.1 Å². The van der Waals surface area contributed by atoms with Gasteiger partial charge in [-0.05, 0) is 44.4 Å². The van der Waals surface area contributed by atoms with Gasteiger partial charge in [0, 0.05) is 19.1 Å². The maximum atomic E-state index is 12.3. The van der Waals surface area contributed by atoms with Crippen molar-refractivity contribution in [1.29, 1.82) is 0 Å². The lowest BCUT2D eigenvalue weighted by Crippen LogP contribution is -2.45. The van der Waals surface area contributed by atoms with Gasteiger partial charge in [0.25, 0.3) is 0 Å². The van der Waals surface area contributed by atoms with E-state index in [4.69, 9.17) is 9.47 Å². The van der Waals surface area contributed by atoms with Crippen molar-refractivity contribution in [1.82, 2.24) is 5.32 Å². The van der Waals surface area contributed by atoms with E-state index in [1.54, 1.807) is 7.11 Å². The molecule has 0 aliphatic carbocycles. The molecular formula is C16H23NO3. The molecule has 0 unspecified atom stereocenters. The summed E-state index contributed by atoms with van der Waals surface area (Å²) >= 11 is 0. The Morgan fingerprint density at radius 2 is 1.85 bits per heavy atom. The van der Waals surface area contributed by atoms with E-state index in [9.17, 15) is 4.79 Å². The fraction of sp³-hybridized carbons (Fsp3) is 0.562. The van der Waals surface area contributed by atoms with Gasteiger partial charge in [-0.3, -0.25) is 4.79 Å². The molecule has 0 aromatic heterocycles. The van der Waals surface area contributed by atoms with Gasteiger partial charge in [-0.1, -0.05) is 12.1 Å². The van der Waals surface area contributed by atoms with E-state index in [0.717, 1.165) is 24.2 Å². The van der Waals surface area contributed by atoms with Crippen molar-refractivity contribution in [3.8, 4) is 5.75 Å². The Labute approximate surface area is 120 Å². The predicted molar refractivity (Wildman–Crippen MR) is 77.7 cm³/mol. The molecule has 2 rings (SSSR count). The number of hydrogen-bond acceptors (Lipinski definition) is 3. The van der Waals surface area contributed by atoms with Gasteiger partial charge in [0.15, 0.2) is 0 Å². The third-order valence-electron chi connectivity index (χ3n) is 3.84. The molecule has 1 aliphatic heterocycles. The smallest absolute Gasteiger partial charge is 0.223 e. The summed E-state index contributed by atoms with van der Waals surface area (Å²) in [4.78, 5) is 12.3. The second-order valence-electron chi connectivity index (χ2n) is 5.73. The number of carbonyl (C=O) groups excluding carboxylic acids is 1. The van der Waals surface area contributed by atoms with Crippen LogP contribution in [0, 0.1) is 5.92 Å². The normalized spacial score (nSPS) is 16.8. The zero-order chi connectivity index (χ0) is 14.6. The number of benzene rings is 1. The summed E-state index contributed by atoms with van der Waals surface area (Å²) in [7, 11) is 1.65. The second-order valence-corrected chi connectivity index (χ2v) is 5.73. The van der Waals surface area contributed by atoms with Gasteiger partial charge >= 0.3 is 0 Å². The topological polar surface area (TPSA) is 47.6 Å². The van der Waals surface area contributed by atoms with Crippen LogP contribution in [0.2, 0.25) is 0 Å². The molecule has 1 heterocycles. The number of hydrogen-bond donors (Lipinski definition) is 1. The lowest BCUT2D eigenvalue weighted by atomic mass is 9.91. The molecule has 1 amide bonds. The minimum atomic E-state index is -0.387. The summed E-state index contributed by atoms with van der Waals surface area (Å²) in [6, 6.07) is 7.81. The summed E-state index contributed by atoms with van der Waals surface area (Å²) in [6.45, 7) is 5.40. The first-order valence-electron chi connectivity index (χ1n) is 7.07. The van der Waals surface area contributed by atoms with Crippen LogP contribution < -0.4 is 10.1 Å². The number of carbonyl (C=O) groups is 1. The first kappa shape index (κ1) is 14.9. The van der Waals surface area contributed by atoms with E-state index in [-0.39, 0.29) is 17.4 Å². The Kier molecular flexibility index (Phi) is 4.65. The molecule has 1 saturated heterocycles. The maximum Gasteiger partial charge on any atom is 0.223 e. The van der Waals surface area contributed by atoms with Crippen LogP contribution in [0.4, 0.5) is 0 Å². The third-order valence-corrected chi connectivity index (χ3v) is 3.84. The summed E-state index contributed by atoms with van der Waals surface area (Å²) in [5.41, 5.74) is 0.681. The summed E-state index contributed by atoms with van der Waals surface area (Å²) < 4.78 is 10.5. The minimum Gasteiger partial charge on any atom is -0.497 e. The van der Waals surface area contributed by atoms with Crippen molar-refractivity contribution >= 4 is 5.91 Å². The van der Waals surface area contributed by atoms with Gasteiger partial charge in [-0.25, -0.2) is 0 Å². The standard InChI is InChI=1S/C16H23NO3/c1-16(2,13-4-6-14(19-3)7-5-13)17-15(18)12-8-10-20-11-9-12/h4-7,12H,8-11H2,1-3H3,(H,17,18). The molecular weight excluding hydrogens is 254 g/mol. The molecule has 0 spiro atoms. The fourth-order valence-corrected chi connectivity index (χ4v) is 2.45. The first-order chi connectivity index (χ1) is 9.53. The Morgan fingerprint density at radius 3 is 2.40 bits per heavy atom. The Hall–Kier alpha value is -1.55. The fourth-order valence-electron chi connectivity index (χ4n) is 2.45. The van der Waals surface area contributed by atoms with E-state index < -0.39 is 0 Å². The average Bonchev–Trinajstić information content (AvgIpc) is 2.48. The monoisotopic (exact) mass is 277 g/mol. The van der Waals surface area contributed by atoms with Gasteiger partial charge in [-0.15, -0.1) is 0 Å². The zero-order valence-electron chi connectivity index (χ0n) is 12.4. The van der Waals surface area contributed by atoms with Gasteiger partial charge in [0.1, 0.15) is 5.75 Å². The van der Waals surface area contributed by atoms with Crippen LogP contribution >= 0.6 is 0 Å². The minimum absolute atomic E-state index is 0.0706. The first-order valence-corrected chi connectivity index (χ1v) is 7.07. The van der Waals surface area contributed by atoms with E-state index in [2.05, 4.69) is 5.32 Å². The highest BCUT2D eigenvalue weighted by Gasteiger charge is 2.28. The molecule has 1 fully saturated rings. The Morgan fingerprint density at radius 1 is 1.25 bits per heavy atom. The van der Waals surface area contributed by atoms with Gasteiger partial charge < -0.3 is 14.8 Å². The summed E-state index contributed by atoms with van der Waals surface area (Å²) in [5, 5.41) is 3.14. The van der Waals surface area contributed by atoms with Crippen LogP contribution in [0.15, 0.2) is 24.3 Å².